The summed E-state index contributed by atoms with van der Waals surface area (Å²) in [6.45, 7) is 8.53. The Morgan fingerprint density at radius 3 is 2.62 bits per heavy atom. The van der Waals surface area contributed by atoms with Crippen LogP contribution in [0.2, 0.25) is 0 Å². The zero-order chi connectivity index (χ0) is 20.8. The summed E-state index contributed by atoms with van der Waals surface area (Å²) >= 11 is 0. The van der Waals surface area contributed by atoms with Gasteiger partial charge in [0.1, 0.15) is 11.8 Å². The molecule has 0 amide bonds. The number of pyridine rings is 1. The fourth-order valence-electron chi connectivity index (χ4n) is 3.70. The van der Waals surface area contributed by atoms with Gasteiger partial charge in [-0.15, -0.1) is 5.11 Å². The molecule has 150 valence electrons. The number of nitrogens with one attached hydrogen (secondary N) is 2. The van der Waals surface area contributed by atoms with Gasteiger partial charge < -0.3 is 4.90 Å². The van der Waals surface area contributed by atoms with Crippen LogP contribution in [0.25, 0.3) is 0 Å². The molecule has 3 rings (SSSR count). The number of amidine groups is 1. The van der Waals surface area contributed by atoms with Crippen LogP contribution in [0.3, 0.4) is 0 Å². The van der Waals surface area contributed by atoms with E-state index in [1.165, 1.54) is 5.56 Å². The zero-order valence-electron chi connectivity index (χ0n) is 17.0. The number of piperazine rings is 1. The van der Waals surface area contributed by atoms with Gasteiger partial charge in [0.15, 0.2) is 5.84 Å². The molecule has 29 heavy (non-hydrogen) atoms. The quantitative estimate of drug-likeness (QED) is 0.445. The summed E-state index contributed by atoms with van der Waals surface area (Å²) in [7, 11) is 0. The van der Waals surface area contributed by atoms with Gasteiger partial charge in [-0.3, -0.25) is 10.3 Å². The Labute approximate surface area is 172 Å². The van der Waals surface area contributed by atoms with E-state index in [0.717, 1.165) is 50.5 Å². The Bertz CT molecular complexity index is 921. The molecule has 7 nitrogen and oxygen atoms in total. The molecule has 0 radical (unpaired) electrons. The van der Waals surface area contributed by atoms with Gasteiger partial charge in [-0.1, -0.05) is 26.0 Å². The molecule has 0 atom stereocenters. The molecule has 7 heteroatoms. The highest BCUT2D eigenvalue weighted by atomic mass is 15.3. The topological polar surface area (TPSA) is 103 Å². The molecule has 1 aliphatic heterocycles. The lowest BCUT2D eigenvalue weighted by atomic mass is 9.99. The SMILES string of the molecule is CC(C)Cc1ccc(C(=N)N=N)c(N2CCN(Cc3cccc(C#N)n3)CC2)c1. The van der Waals surface area contributed by atoms with Crippen molar-refractivity contribution < 1.29 is 0 Å². The van der Waals surface area contributed by atoms with E-state index in [0.29, 0.717) is 17.2 Å². The minimum absolute atomic E-state index is 0.00366. The lowest BCUT2D eigenvalue weighted by Crippen LogP contribution is -2.46. The molecule has 1 aliphatic rings. The predicted molar refractivity (Wildman–Crippen MR) is 113 cm³/mol. The van der Waals surface area contributed by atoms with Crippen molar-refractivity contribution in [3.05, 3.63) is 58.9 Å². The summed E-state index contributed by atoms with van der Waals surface area (Å²) in [5.41, 5.74) is 11.6. The highest BCUT2D eigenvalue weighted by molar-refractivity contribution is 6.01. The number of rotatable bonds is 6. The van der Waals surface area contributed by atoms with E-state index in [2.05, 4.69) is 45.9 Å². The van der Waals surface area contributed by atoms with E-state index in [1.54, 1.807) is 6.07 Å². The largest absolute Gasteiger partial charge is 0.368 e. The van der Waals surface area contributed by atoms with Crippen LogP contribution in [0.15, 0.2) is 41.5 Å². The van der Waals surface area contributed by atoms with Crippen LogP contribution < -0.4 is 4.90 Å². The first-order chi connectivity index (χ1) is 14.0. The van der Waals surface area contributed by atoms with Crippen molar-refractivity contribution in [1.82, 2.24) is 9.88 Å². The zero-order valence-corrected chi connectivity index (χ0v) is 17.0. The summed E-state index contributed by atoms with van der Waals surface area (Å²) in [5.74, 6) is 0.554. The maximum atomic E-state index is 9.03. The first-order valence-corrected chi connectivity index (χ1v) is 9.92. The number of anilines is 1. The van der Waals surface area contributed by atoms with Crippen LogP contribution in [-0.4, -0.2) is 41.9 Å². The molecule has 2 N–H and O–H groups in total. The lowest BCUT2D eigenvalue weighted by Gasteiger charge is -2.37. The van der Waals surface area contributed by atoms with Gasteiger partial charge in [0.25, 0.3) is 0 Å². The molecular weight excluding hydrogens is 362 g/mol. The summed E-state index contributed by atoms with van der Waals surface area (Å²) < 4.78 is 0. The number of benzene rings is 1. The third-order valence-corrected chi connectivity index (χ3v) is 5.09. The maximum absolute atomic E-state index is 9.03. The second kappa shape index (κ2) is 9.39. The van der Waals surface area contributed by atoms with Gasteiger partial charge in [0.2, 0.25) is 0 Å². The van der Waals surface area contributed by atoms with Crippen molar-refractivity contribution in [3.63, 3.8) is 0 Å². The summed E-state index contributed by atoms with van der Waals surface area (Å²) in [4.78, 5) is 8.99. The maximum Gasteiger partial charge on any atom is 0.175 e. The van der Waals surface area contributed by atoms with Gasteiger partial charge in [-0.2, -0.15) is 5.26 Å². The number of hydrogen-bond acceptors (Lipinski definition) is 6. The lowest BCUT2D eigenvalue weighted by molar-refractivity contribution is 0.247. The van der Waals surface area contributed by atoms with E-state index in [9.17, 15) is 0 Å². The molecule has 1 fully saturated rings. The Balaban J connectivity index is 1.72. The second-order valence-corrected chi connectivity index (χ2v) is 7.80. The van der Waals surface area contributed by atoms with E-state index < -0.39 is 0 Å². The number of aromatic nitrogens is 1. The van der Waals surface area contributed by atoms with Crippen LogP contribution >= 0.6 is 0 Å². The number of nitriles is 1. The van der Waals surface area contributed by atoms with Gasteiger partial charge in [0, 0.05) is 44.0 Å². The summed E-state index contributed by atoms with van der Waals surface area (Å²) in [5, 5.41) is 20.4. The molecule has 1 aromatic heterocycles. The van der Waals surface area contributed by atoms with Crippen molar-refractivity contribution in [2.45, 2.75) is 26.8 Å². The Kier molecular flexibility index (Phi) is 6.68. The smallest absolute Gasteiger partial charge is 0.175 e. The Hall–Kier alpha value is -3.11. The van der Waals surface area contributed by atoms with E-state index >= 15 is 0 Å². The Morgan fingerprint density at radius 2 is 1.97 bits per heavy atom. The fraction of sp³-hybridized carbons (Fsp3) is 0.409. The van der Waals surface area contributed by atoms with Crippen molar-refractivity contribution in [1.29, 1.82) is 16.2 Å². The molecule has 2 heterocycles. The van der Waals surface area contributed by atoms with Crippen LogP contribution in [0.5, 0.6) is 0 Å². The van der Waals surface area contributed by atoms with Crippen LogP contribution in [0, 0.1) is 28.2 Å². The van der Waals surface area contributed by atoms with Crippen LogP contribution in [-0.2, 0) is 13.0 Å². The molecule has 0 unspecified atom stereocenters. The van der Waals surface area contributed by atoms with Crippen molar-refractivity contribution in [3.8, 4) is 6.07 Å². The predicted octanol–water partition coefficient (Wildman–Crippen LogP) is 3.83. The van der Waals surface area contributed by atoms with Crippen molar-refractivity contribution in [2.24, 2.45) is 11.0 Å². The minimum atomic E-state index is -0.00366. The summed E-state index contributed by atoms with van der Waals surface area (Å²) in [6, 6.07) is 13.8. The molecule has 0 saturated carbocycles. The average molecular weight is 390 g/mol. The van der Waals surface area contributed by atoms with E-state index in [-0.39, 0.29) is 5.84 Å². The number of nitrogens with zero attached hydrogens (tertiary/aromatic N) is 5. The third kappa shape index (κ3) is 5.24. The summed E-state index contributed by atoms with van der Waals surface area (Å²) in [6.07, 6.45) is 0.986. The highest BCUT2D eigenvalue weighted by Crippen LogP contribution is 2.26. The molecule has 0 spiro atoms. The molecule has 1 aromatic carbocycles. The van der Waals surface area contributed by atoms with Crippen molar-refractivity contribution in [2.75, 3.05) is 31.1 Å². The first-order valence-electron chi connectivity index (χ1n) is 9.92. The standard InChI is InChI=1S/C22H27N7/c1-16(2)12-17-6-7-20(22(24)27-25)21(13-17)29-10-8-28(9-11-29)15-19-5-3-4-18(14-23)26-19/h3-7,13,16,24-25H,8-12,15H2,1-2H3. The molecule has 2 aromatic rings. The van der Waals surface area contributed by atoms with Gasteiger partial charge in [-0.25, -0.2) is 10.5 Å². The molecule has 0 aliphatic carbocycles. The van der Waals surface area contributed by atoms with Crippen molar-refractivity contribution >= 4 is 11.5 Å². The Morgan fingerprint density at radius 1 is 1.21 bits per heavy atom. The molecular formula is C22H27N7. The van der Waals surface area contributed by atoms with Crippen LogP contribution in [0.1, 0.15) is 36.4 Å². The van der Waals surface area contributed by atoms with Gasteiger partial charge in [-0.05, 0) is 42.2 Å². The second-order valence-electron chi connectivity index (χ2n) is 7.80. The first kappa shape index (κ1) is 20.6. The molecule has 0 bridgehead atoms. The van der Waals surface area contributed by atoms with Crippen LogP contribution in [0.4, 0.5) is 5.69 Å². The minimum Gasteiger partial charge on any atom is -0.368 e. The fourth-order valence-corrected chi connectivity index (χ4v) is 3.70. The van der Waals surface area contributed by atoms with E-state index in [1.807, 2.05) is 24.3 Å². The molecule has 1 saturated heterocycles. The third-order valence-electron chi connectivity index (χ3n) is 5.09. The highest BCUT2D eigenvalue weighted by Gasteiger charge is 2.21. The average Bonchev–Trinajstić information content (AvgIpc) is 2.73. The monoisotopic (exact) mass is 389 g/mol. The normalized spacial score (nSPS) is 14.6. The van der Waals surface area contributed by atoms with E-state index in [4.69, 9.17) is 16.2 Å². The van der Waals surface area contributed by atoms with Gasteiger partial charge >= 0.3 is 0 Å². The number of hydrogen-bond donors (Lipinski definition) is 2. The van der Waals surface area contributed by atoms with Gasteiger partial charge in [0.05, 0.1) is 5.69 Å².